The van der Waals surface area contributed by atoms with Gasteiger partial charge in [-0.3, -0.25) is 0 Å². The van der Waals surface area contributed by atoms with Crippen LogP contribution in [-0.2, 0) is 0 Å². The fraction of sp³-hybridized carbons (Fsp3) is 0.429. The van der Waals surface area contributed by atoms with Crippen molar-refractivity contribution < 1.29 is 9.47 Å². The van der Waals surface area contributed by atoms with Gasteiger partial charge in [-0.15, -0.1) is 6.58 Å². The van der Waals surface area contributed by atoms with Gasteiger partial charge in [0.2, 0.25) is 0 Å². The Morgan fingerprint density at radius 3 is 2.65 bits per heavy atom. The van der Waals surface area contributed by atoms with E-state index >= 15 is 0 Å². The molecule has 3 heteroatoms. The standard InChI is InChI=1S/C14H21NO2/c1-5-7-13(15-6-2)12-9-8-11(16-3)10-14(12)17-4/h5,8-10,13,15H,1,6-7H2,2-4H3. The first kappa shape index (κ1) is 13.6. The molecule has 0 saturated carbocycles. The van der Waals surface area contributed by atoms with E-state index in [0.29, 0.717) is 0 Å². The van der Waals surface area contributed by atoms with Crippen molar-refractivity contribution in [3.63, 3.8) is 0 Å². The Morgan fingerprint density at radius 2 is 2.12 bits per heavy atom. The molecule has 17 heavy (non-hydrogen) atoms. The molecule has 0 radical (unpaired) electrons. The molecule has 1 atom stereocenters. The minimum absolute atomic E-state index is 0.235. The first-order valence-corrected chi connectivity index (χ1v) is 5.83. The molecule has 0 aliphatic heterocycles. The van der Waals surface area contributed by atoms with E-state index in [1.165, 1.54) is 0 Å². The second-order valence-electron chi connectivity index (χ2n) is 3.74. The maximum atomic E-state index is 5.41. The van der Waals surface area contributed by atoms with Crippen molar-refractivity contribution in [1.82, 2.24) is 5.32 Å². The summed E-state index contributed by atoms with van der Waals surface area (Å²) in [5, 5.41) is 3.42. The second kappa shape index (κ2) is 6.97. The molecular formula is C14H21NO2. The second-order valence-corrected chi connectivity index (χ2v) is 3.74. The van der Waals surface area contributed by atoms with E-state index in [4.69, 9.17) is 9.47 Å². The monoisotopic (exact) mass is 235 g/mol. The van der Waals surface area contributed by atoms with Crippen molar-refractivity contribution in [2.24, 2.45) is 0 Å². The van der Waals surface area contributed by atoms with Gasteiger partial charge in [0, 0.05) is 17.7 Å². The van der Waals surface area contributed by atoms with Gasteiger partial charge in [0.05, 0.1) is 14.2 Å². The van der Waals surface area contributed by atoms with Crippen LogP contribution in [0.1, 0.15) is 24.9 Å². The summed E-state index contributed by atoms with van der Waals surface area (Å²) in [6.07, 6.45) is 2.79. The zero-order valence-electron chi connectivity index (χ0n) is 10.8. The highest BCUT2D eigenvalue weighted by Crippen LogP contribution is 2.31. The molecule has 0 aliphatic rings. The van der Waals surface area contributed by atoms with Gasteiger partial charge in [-0.05, 0) is 19.0 Å². The zero-order valence-corrected chi connectivity index (χ0v) is 10.8. The number of hydrogen-bond acceptors (Lipinski definition) is 3. The minimum Gasteiger partial charge on any atom is -0.497 e. The van der Waals surface area contributed by atoms with E-state index in [1.54, 1.807) is 14.2 Å². The highest BCUT2D eigenvalue weighted by atomic mass is 16.5. The molecule has 1 rings (SSSR count). The molecule has 0 aromatic heterocycles. The molecule has 3 nitrogen and oxygen atoms in total. The minimum atomic E-state index is 0.235. The van der Waals surface area contributed by atoms with E-state index in [-0.39, 0.29) is 6.04 Å². The fourth-order valence-electron chi connectivity index (χ4n) is 1.84. The van der Waals surface area contributed by atoms with Crippen LogP contribution in [0.15, 0.2) is 30.9 Å². The Kier molecular flexibility index (Phi) is 5.57. The lowest BCUT2D eigenvalue weighted by atomic mass is 10.0. The molecule has 0 saturated heterocycles. The third-order valence-corrected chi connectivity index (χ3v) is 2.67. The topological polar surface area (TPSA) is 30.5 Å². The van der Waals surface area contributed by atoms with Crippen molar-refractivity contribution in [2.45, 2.75) is 19.4 Å². The lowest BCUT2D eigenvalue weighted by Crippen LogP contribution is -2.20. The molecular weight excluding hydrogens is 214 g/mol. The van der Waals surface area contributed by atoms with E-state index < -0.39 is 0 Å². The van der Waals surface area contributed by atoms with E-state index in [0.717, 1.165) is 30.0 Å². The summed E-state index contributed by atoms with van der Waals surface area (Å²) < 4.78 is 10.6. The van der Waals surface area contributed by atoms with Gasteiger partial charge < -0.3 is 14.8 Å². The molecule has 0 bridgehead atoms. The number of methoxy groups -OCH3 is 2. The number of ether oxygens (including phenoxy) is 2. The summed E-state index contributed by atoms with van der Waals surface area (Å²) in [5.41, 5.74) is 1.13. The Labute approximate surface area is 103 Å². The first-order chi connectivity index (χ1) is 8.26. The average molecular weight is 235 g/mol. The van der Waals surface area contributed by atoms with E-state index in [9.17, 15) is 0 Å². The van der Waals surface area contributed by atoms with Crippen LogP contribution in [0.3, 0.4) is 0 Å². The molecule has 1 N–H and O–H groups in total. The molecule has 1 aromatic rings. The first-order valence-electron chi connectivity index (χ1n) is 5.83. The lowest BCUT2D eigenvalue weighted by molar-refractivity contribution is 0.384. The Morgan fingerprint density at radius 1 is 1.35 bits per heavy atom. The third-order valence-electron chi connectivity index (χ3n) is 2.67. The largest absolute Gasteiger partial charge is 0.497 e. The van der Waals surface area contributed by atoms with Crippen LogP contribution >= 0.6 is 0 Å². The summed E-state index contributed by atoms with van der Waals surface area (Å²) in [6.45, 7) is 6.79. The molecule has 0 spiro atoms. The summed E-state index contributed by atoms with van der Waals surface area (Å²) in [5.74, 6) is 1.65. The molecule has 94 valence electrons. The van der Waals surface area contributed by atoms with E-state index in [2.05, 4.69) is 18.8 Å². The number of hydrogen-bond donors (Lipinski definition) is 1. The maximum Gasteiger partial charge on any atom is 0.127 e. The van der Waals surface area contributed by atoms with Crippen molar-refractivity contribution in [3.05, 3.63) is 36.4 Å². The molecule has 0 fully saturated rings. The van der Waals surface area contributed by atoms with Gasteiger partial charge in [-0.1, -0.05) is 19.1 Å². The summed E-state index contributed by atoms with van der Waals surface area (Å²) in [4.78, 5) is 0. The van der Waals surface area contributed by atoms with Crippen LogP contribution in [0.2, 0.25) is 0 Å². The van der Waals surface area contributed by atoms with Crippen molar-refractivity contribution >= 4 is 0 Å². The van der Waals surface area contributed by atoms with Gasteiger partial charge in [0.25, 0.3) is 0 Å². The van der Waals surface area contributed by atoms with Crippen LogP contribution < -0.4 is 14.8 Å². The summed E-state index contributed by atoms with van der Waals surface area (Å²) in [6, 6.07) is 6.13. The predicted octanol–water partition coefficient (Wildman–Crippen LogP) is 2.93. The van der Waals surface area contributed by atoms with Crippen LogP contribution in [0.25, 0.3) is 0 Å². The van der Waals surface area contributed by atoms with Gasteiger partial charge in [-0.25, -0.2) is 0 Å². The van der Waals surface area contributed by atoms with Gasteiger partial charge in [-0.2, -0.15) is 0 Å². The number of nitrogens with one attached hydrogen (secondary N) is 1. The third kappa shape index (κ3) is 3.49. The Hall–Kier alpha value is -1.48. The summed E-state index contributed by atoms with van der Waals surface area (Å²) >= 11 is 0. The van der Waals surface area contributed by atoms with Crippen LogP contribution in [0.5, 0.6) is 11.5 Å². The zero-order chi connectivity index (χ0) is 12.7. The van der Waals surface area contributed by atoms with Crippen LogP contribution in [-0.4, -0.2) is 20.8 Å². The quantitative estimate of drug-likeness (QED) is 0.737. The molecule has 1 unspecified atom stereocenters. The number of benzene rings is 1. The van der Waals surface area contributed by atoms with Crippen molar-refractivity contribution in [2.75, 3.05) is 20.8 Å². The van der Waals surface area contributed by atoms with Gasteiger partial charge in [0.1, 0.15) is 11.5 Å². The molecule has 0 amide bonds. The van der Waals surface area contributed by atoms with Crippen molar-refractivity contribution in [1.29, 1.82) is 0 Å². The van der Waals surface area contributed by atoms with Crippen molar-refractivity contribution in [3.8, 4) is 11.5 Å². The van der Waals surface area contributed by atoms with Crippen LogP contribution in [0, 0.1) is 0 Å². The lowest BCUT2D eigenvalue weighted by Gasteiger charge is -2.19. The highest BCUT2D eigenvalue weighted by Gasteiger charge is 2.14. The van der Waals surface area contributed by atoms with Gasteiger partial charge in [0.15, 0.2) is 0 Å². The SMILES string of the molecule is C=CCC(NCC)c1ccc(OC)cc1OC. The number of rotatable bonds is 7. The average Bonchev–Trinajstić information content (AvgIpc) is 2.37. The smallest absolute Gasteiger partial charge is 0.127 e. The highest BCUT2D eigenvalue weighted by molar-refractivity contribution is 5.42. The van der Waals surface area contributed by atoms with Crippen LogP contribution in [0.4, 0.5) is 0 Å². The predicted molar refractivity (Wildman–Crippen MR) is 70.8 cm³/mol. The van der Waals surface area contributed by atoms with E-state index in [1.807, 2.05) is 24.3 Å². The Bertz CT molecular complexity index is 363. The maximum absolute atomic E-state index is 5.41. The Balaban J connectivity index is 3.03. The normalized spacial score (nSPS) is 11.9. The fourth-order valence-corrected chi connectivity index (χ4v) is 1.84. The summed E-state index contributed by atoms with van der Waals surface area (Å²) in [7, 11) is 3.33. The molecule has 1 aromatic carbocycles. The van der Waals surface area contributed by atoms with Gasteiger partial charge >= 0.3 is 0 Å². The molecule has 0 heterocycles. The molecule has 0 aliphatic carbocycles.